The Bertz CT molecular complexity index is 857. The van der Waals surface area contributed by atoms with Crippen LogP contribution in [0.15, 0.2) is 18.3 Å². The molecule has 0 saturated heterocycles. The first-order valence-corrected chi connectivity index (χ1v) is 9.10. The molecule has 0 radical (unpaired) electrons. The maximum absolute atomic E-state index is 14.0. The number of aromatic nitrogens is 3. The Morgan fingerprint density at radius 3 is 2.58 bits per heavy atom. The van der Waals surface area contributed by atoms with Crippen LogP contribution in [0.25, 0.3) is 11.3 Å². The van der Waals surface area contributed by atoms with Gasteiger partial charge in [0.05, 0.1) is 39.4 Å². The second kappa shape index (κ2) is 6.41. The summed E-state index contributed by atoms with van der Waals surface area (Å²) in [5.74, 6) is -0.877. The highest BCUT2D eigenvalue weighted by atomic mass is 32.2. The summed E-state index contributed by atoms with van der Waals surface area (Å²) in [6, 6.07) is 1.93. The van der Waals surface area contributed by atoms with Gasteiger partial charge >= 0.3 is 6.18 Å². The van der Waals surface area contributed by atoms with Crippen LogP contribution in [0.3, 0.4) is 0 Å². The highest BCUT2D eigenvalue weighted by Crippen LogP contribution is 2.34. The molecule has 5 nitrogen and oxygen atoms in total. The standard InChI is InChI=1S/C16H18F4N4OS/c1-15(2,3)26(25)23-11-4-5-24-13(11)7-12(22-24)9-6-14(16(18,19)20)21-8-10(9)17/h6-8,11,23H,4-5H2,1-3H3/t11-,26?/m0/s1. The van der Waals surface area contributed by atoms with Crippen molar-refractivity contribution in [1.82, 2.24) is 19.5 Å². The van der Waals surface area contributed by atoms with Gasteiger partial charge in [-0.15, -0.1) is 0 Å². The van der Waals surface area contributed by atoms with Crippen molar-refractivity contribution in [1.29, 1.82) is 0 Å². The molecule has 3 heterocycles. The lowest BCUT2D eigenvalue weighted by atomic mass is 10.1. The molecule has 0 amide bonds. The minimum Gasteiger partial charge on any atom is -0.267 e. The zero-order chi connectivity index (χ0) is 19.3. The Balaban J connectivity index is 1.92. The van der Waals surface area contributed by atoms with Crippen LogP contribution in [0.1, 0.15) is 44.6 Å². The number of pyridine rings is 1. The predicted octanol–water partition coefficient (Wildman–Crippen LogP) is 3.60. The number of nitrogens with one attached hydrogen (secondary N) is 1. The first-order chi connectivity index (χ1) is 12.0. The van der Waals surface area contributed by atoms with Crippen molar-refractivity contribution in [3.05, 3.63) is 35.5 Å². The molecule has 1 aliphatic rings. The van der Waals surface area contributed by atoms with Gasteiger partial charge in [0.2, 0.25) is 0 Å². The van der Waals surface area contributed by atoms with E-state index < -0.39 is 33.4 Å². The number of rotatable bonds is 3. The smallest absolute Gasteiger partial charge is 0.267 e. The lowest BCUT2D eigenvalue weighted by Gasteiger charge is -2.21. The second-order valence-corrected chi connectivity index (χ2v) is 9.06. The highest BCUT2D eigenvalue weighted by molar-refractivity contribution is 7.84. The molecule has 0 bridgehead atoms. The number of aryl methyl sites for hydroxylation is 1. The van der Waals surface area contributed by atoms with Gasteiger partial charge in [0, 0.05) is 12.1 Å². The number of nitrogens with zero attached hydrogens (tertiary/aromatic N) is 3. The van der Waals surface area contributed by atoms with Gasteiger partial charge in [0.25, 0.3) is 0 Å². The molecule has 2 aromatic heterocycles. The average molecular weight is 390 g/mol. The van der Waals surface area contributed by atoms with Crippen LogP contribution in [-0.4, -0.2) is 23.7 Å². The van der Waals surface area contributed by atoms with Crippen molar-refractivity contribution in [3.63, 3.8) is 0 Å². The molecule has 0 spiro atoms. The summed E-state index contributed by atoms with van der Waals surface area (Å²) in [5, 5.41) is 4.21. The molecule has 26 heavy (non-hydrogen) atoms. The minimum absolute atomic E-state index is 0.0958. The fraction of sp³-hybridized carbons (Fsp3) is 0.500. The first kappa shape index (κ1) is 19.0. The van der Waals surface area contributed by atoms with Crippen LogP contribution in [0.4, 0.5) is 17.6 Å². The van der Waals surface area contributed by atoms with E-state index in [-0.39, 0.29) is 17.3 Å². The molecular formula is C16H18F4N4OS. The Morgan fingerprint density at radius 1 is 1.27 bits per heavy atom. The monoisotopic (exact) mass is 390 g/mol. The molecule has 2 atom stereocenters. The molecule has 1 unspecified atom stereocenters. The van der Waals surface area contributed by atoms with Gasteiger partial charge in [0.1, 0.15) is 5.69 Å². The van der Waals surface area contributed by atoms with Crippen LogP contribution < -0.4 is 4.72 Å². The summed E-state index contributed by atoms with van der Waals surface area (Å²) in [6.07, 6.45) is -3.47. The Hall–Kier alpha value is -1.81. The summed E-state index contributed by atoms with van der Waals surface area (Å²) in [5.41, 5.74) is -0.670. The quantitative estimate of drug-likeness (QED) is 0.815. The third-order valence-electron chi connectivity index (χ3n) is 4.02. The third kappa shape index (κ3) is 3.66. The summed E-state index contributed by atoms with van der Waals surface area (Å²) in [7, 11) is -1.31. The largest absolute Gasteiger partial charge is 0.433 e. The lowest BCUT2D eigenvalue weighted by Crippen LogP contribution is -2.35. The minimum atomic E-state index is -4.67. The van der Waals surface area contributed by atoms with Gasteiger partial charge in [-0.25, -0.2) is 18.3 Å². The molecule has 0 saturated carbocycles. The van der Waals surface area contributed by atoms with E-state index >= 15 is 0 Å². The Morgan fingerprint density at radius 2 is 1.96 bits per heavy atom. The van der Waals surface area contributed by atoms with Gasteiger partial charge in [-0.3, -0.25) is 4.68 Å². The van der Waals surface area contributed by atoms with Crippen LogP contribution in [0, 0.1) is 5.82 Å². The molecule has 1 aliphatic heterocycles. The number of halogens is 4. The van der Waals surface area contributed by atoms with Crippen LogP contribution in [-0.2, 0) is 23.7 Å². The number of alkyl halides is 3. The fourth-order valence-electron chi connectivity index (χ4n) is 2.64. The number of fused-ring (bicyclic) bond motifs is 1. The number of hydrogen-bond acceptors (Lipinski definition) is 3. The molecular weight excluding hydrogens is 372 g/mol. The predicted molar refractivity (Wildman–Crippen MR) is 88.8 cm³/mol. The maximum Gasteiger partial charge on any atom is 0.433 e. The van der Waals surface area contributed by atoms with Crippen molar-refractivity contribution in [2.24, 2.45) is 0 Å². The second-order valence-electron chi connectivity index (χ2n) is 7.06. The van der Waals surface area contributed by atoms with E-state index in [1.54, 1.807) is 4.68 Å². The normalized spacial score (nSPS) is 18.8. The SMILES string of the molecule is CC(C)(C)S(=O)N[C@H]1CCn2nc(-c3cc(C(F)(F)F)ncc3F)cc21. The first-order valence-electron chi connectivity index (χ1n) is 7.96. The molecule has 0 aliphatic carbocycles. The van der Waals surface area contributed by atoms with Gasteiger partial charge in [0.15, 0.2) is 5.82 Å². The van der Waals surface area contributed by atoms with E-state index in [2.05, 4.69) is 14.8 Å². The molecule has 10 heteroatoms. The zero-order valence-electron chi connectivity index (χ0n) is 14.4. The molecule has 142 valence electrons. The molecule has 3 rings (SSSR count). The topological polar surface area (TPSA) is 59.8 Å². The van der Waals surface area contributed by atoms with E-state index in [0.717, 1.165) is 0 Å². The lowest BCUT2D eigenvalue weighted by molar-refractivity contribution is -0.141. The Labute approximate surface area is 150 Å². The molecule has 2 aromatic rings. The van der Waals surface area contributed by atoms with E-state index in [1.807, 2.05) is 20.8 Å². The summed E-state index contributed by atoms with van der Waals surface area (Å²) in [4.78, 5) is 3.09. The van der Waals surface area contributed by atoms with E-state index in [9.17, 15) is 21.8 Å². The van der Waals surface area contributed by atoms with Crippen molar-refractivity contribution in [2.75, 3.05) is 0 Å². The van der Waals surface area contributed by atoms with Crippen molar-refractivity contribution >= 4 is 11.0 Å². The van der Waals surface area contributed by atoms with Crippen molar-refractivity contribution in [3.8, 4) is 11.3 Å². The van der Waals surface area contributed by atoms with E-state index in [4.69, 9.17) is 0 Å². The van der Waals surface area contributed by atoms with Crippen molar-refractivity contribution in [2.45, 2.75) is 50.7 Å². The molecule has 0 fully saturated rings. The van der Waals surface area contributed by atoms with Crippen LogP contribution >= 0.6 is 0 Å². The average Bonchev–Trinajstić information content (AvgIpc) is 3.07. The van der Waals surface area contributed by atoms with Crippen LogP contribution in [0.5, 0.6) is 0 Å². The van der Waals surface area contributed by atoms with E-state index in [1.165, 1.54) is 6.07 Å². The van der Waals surface area contributed by atoms with Gasteiger partial charge in [-0.05, 0) is 39.3 Å². The van der Waals surface area contributed by atoms with Gasteiger partial charge in [-0.1, -0.05) is 0 Å². The highest BCUT2D eigenvalue weighted by Gasteiger charge is 2.34. The van der Waals surface area contributed by atoms with Gasteiger partial charge < -0.3 is 0 Å². The summed E-state index contributed by atoms with van der Waals surface area (Å²) in [6.45, 7) is 6.00. The van der Waals surface area contributed by atoms with Crippen molar-refractivity contribution < 1.29 is 21.8 Å². The number of hydrogen-bond donors (Lipinski definition) is 1. The zero-order valence-corrected chi connectivity index (χ0v) is 15.2. The van der Waals surface area contributed by atoms with E-state index in [0.29, 0.717) is 30.9 Å². The van der Waals surface area contributed by atoms with Gasteiger partial charge in [-0.2, -0.15) is 18.3 Å². The maximum atomic E-state index is 14.0. The fourth-order valence-corrected chi connectivity index (χ4v) is 3.49. The summed E-state index contributed by atoms with van der Waals surface area (Å²) >= 11 is 0. The third-order valence-corrected chi connectivity index (χ3v) is 5.64. The molecule has 1 N–H and O–H groups in total. The Kier molecular flexibility index (Phi) is 4.68. The summed E-state index contributed by atoms with van der Waals surface area (Å²) < 4.78 is 69.0. The molecule has 0 aromatic carbocycles. The van der Waals surface area contributed by atoms with Crippen LogP contribution in [0.2, 0.25) is 0 Å².